The van der Waals surface area contributed by atoms with Gasteiger partial charge in [0.25, 0.3) is 6.43 Å². The second kappa shape index (κ2) is 3.88. The van der Waals surface area contributed by atoms with Gasteiger partial charge in [-0.3, -0.25) is 0 Å². The van der Waals surface area contributed by atoms with Crippen LogP contribution in [0.4, 0.5) is 26.3 Å². The minimum Gasteiger partial charge on any atom is -0.231 e. The number of hydrogen-bond acceptors (Lipinski definition) is 1. The highest BCUT2D eigenvalue weighted by Crippen LogP contribution is 2.34. The minimum absolute atomic E-state index is 0.118. The maximum Gasteiger partial charge on any atom is 0.433 e. The van der Waals surface area contributed by atoms with Crippen LogP contribution >= 0.6 is 11.6 Å². The monoisotopic (exact) mass is 249 g/mol. The number of alkyl halides is 5. The third kappa shape index (κ3) is 2.53. The molecule has 0 saturated heterocycles. The summed E-state index contributed by atoms with van der Waals surface area (Å²) < 4.78 is 72.9. The summed E-state index contributed by atoms with van der Waals surface area (Å²) in [5, 5.41) is -1.18. The van der Waals surface area contributed by atoms with Crippen molar-refractivity contribution in [2.45, 2.75) is 12.6 Å². The van der Waals surface area contributed by atoms with Crippen LogP contribution in [-0.2, 0) is 6.18 Å². The molecule has 8 heteroatoms. The van der Waals surface area contributed by atoms with Gasteiger partial charge in [-0.15, -0.1) is 0 Å². The fourth-order valence-electron chi connectivity index (χ4n) is 0.834. The largest absolute Gasteiger partial charge is 0.433 e. The Kier molecular flexibility index (Phi) is 3.13. The summed E-state index contributed by atoms with van der Waals surface area (Å²) in [5.74, 6) is -1.72. The summed E-state index contributed by atoms with van der Waals surface area (Å²) in [6.07, 6.45) is -8.24. The van der Waals surface area contributed by atoms with E-state index in [1.165, 1.54) is 0 Å². The van der Waals surface area contributed by atoms with Crippen LogP contribution in [-0.4, -0.2) is 4.98 Å². The lowest BCUT2D eigenvalue weighted by Crippen LogP contribution is -2.10. The van der Waals surface area contributed by atoms with Crippen LogP contribution < -0.4 is 0 Å². The zero-order valence-corrected chi connectivity index (χ0v) is 7.50. The van der Waals surface area contributed by atoms with E-state index in [0.29, 0.717) is 0 Å². The van der Waals surface area contributed by atoms with E-state index in [1.54, 1.807) is 0 Å². The molecule has 0 bridgehead atoms. The molecule has 0 amide bonds. The van der Waals surface area contributed by atoms with Gasteiger partial charge in [-0.25, -0.2) is 18.2 Å². The van der Waals surface area contributed by atoms with E-state index in [0.717, 1.165) is 0 Å². The molecular weight excluding hydrogens is 248 g/mol. The summed E-state index contributed by atoms with van der Waals surface area (Å²) >= 11 is 5.00. The van der Waals surface area contributed by atoms with Gasteiger partial charge in [-0.2, -0.15) is 13.2 Å². The highest BCUT2D eigenvalue weighted by molar-refractivity contribution is 6.30. The molecule has 0 spiro atoms. The van der Waals surface area contributed by atoms with Crippen LogP contribution in [0.2, 0.25) is 5.15 Å². The molecule has 0 radical (unpaired) electrons. The number of rotatable bonds is 1. The van der Waals surface area contributed by atoms with Gasteiger partial charge in [-0.1, -0.05) is 11.6 Å². The number of pyridine rings is 1. The SMILES string of the molecule is Fc1cc(C(F)(F)F)nc(Cl)c1C(F)F. The molecule has 0 aromatic carbocycles. The average molecular weight is 250 g/mol. The second-order valence-electron chi connectivity index (χ2n) is 2.49. The fraction of sp³-hybridized carbons (Fsp3) is 0.286. The Labute approximate surface area is 84.7 Å². The molecule has 1 aromatic heterocycles. The van der Waals surface area contributed by atoms with Crippen molar-refractivity contribution < 1.29 is 26.3 Å². The molecule has 0 fully saturated rings. The molecule has 1 aromatic rings. The van der Waals surface area contributed by atoms with Gasteiger partial charge >= 0.3 is 6.18 Å². The van der Waals surface area contributed by atoms with E-state index in [-0.39, 0.29) is 6.07 Å². The highest BCUT2D eigenvalue weighted by atomic mass is 35.5. The molecule has 0 aliphatic heterocycles. The second-order valence-corrected chi connectivity index (χ2v) is 2.85. The van der Waals surface area contributed by atoms with Gasteiger partial charge in [-0.05, 0) is 0 Å². The molecule has 0 unspecified atom stereocenters. The van der Waals surface area contributed by atoms with Crippen molar-refractivity contribution >= 4 is 11.6 Å². The Morgan fingerprint density at radius 3 is 2.13 bits per heavy atom. The van der Waals surface area contributed by atoms with Gasteiger partial charge in [0.05, 0.1) is 5.56 Å². The van der Waals surface area contributed by atoms with Gasteiger partial charge < -0.3 is 0 Å². The zero-order chi connectivity index (χ0) is 11.8. The zero-order valence-electron chi connectivity index (χ0n) is 6.75. The van der Waals surface area contributed by atoms with E-state index in [2.05, 4.69) is 4.98 Å². The molecule has 0 saturated carbocycles. The van der Waals surface area contributed by atoms with Crippen LogP contribution in [0.15, 0.2) is 6.07 Å². The van der Waals surface area contributed by atoms with E-state index in [1.807, 2.05) is 0 Å². The fourth-order valence-corrected chi connectivity index (χ4v) is 1.10. The lowest BCUT2D eigenvalue weighted by Gasteiger charge is -2.09. The maximum absolute atomic E-state index is 12.8. The molecule has 84 valence electrons. The van der Waals surface area contributed by atoms with Crippen molar-refractivity contribution in [1.29, 1.82) is 0 Å². The molecular formula is C7H2ClF6N. The van der Waals surface area contributed by atoms with Crippen LogP contribution in [0, 0.1) is 5.82 Å². The predicted octanol–water partition coefficient (Wildman–Crippen LogP) is 3.83. The van der Waals surface area contributed by atoms with Gasteiger partial charge in [0.1, 0.15) is 16.7 Å². The molecule has 1 rings (SSSR count). The van der Waals surface area contributed by atoms with E-state index >= 15 is 0 Å². The molecule has 0 N–H and O–H groups in total. The summed E-state index contributed by atoms with van der Waals surface area (Å²) in [6.45, 7) is 0. The van der Waals surface area contributed by atoms with Crippen molar-refractivity contribution in [1.82, 2.24) is 4.98 Å². The Morgan fingerprint density at radius 2 is 1.80 bits per heavy atom. The summed E-state index contributed by atoms with van der Waals surface area (Å²) in [6, 6.07) is -0.118. The maximum atomic E-state index is 12.8. The lowest BCUT2D eigenvalue weighted by atomic mass is 10.2. The molecule has 1 nitrogen and oxygen atoms in total. The van der Waals surface area contributed by atoms with Crippen molar-refractivity contribution in [3.8, 4) is 0 Å². The van der Waals surface area contributed by atoms with Crippen LogP contribution in [0.25, 0.3) is 0 Å². The molecule has 15 heavy (non-hydrogen) atoms. The molecule has 0 aliphatic carbocycles. The number of hydrogen-bond donors (Lipinski definition) is 0. The van der Waals surface area contributed by atoms with E-state index < -0.39 is 34.8 Å². The average Bonchev–Trinajstić information content (AvgIpc) is 1.99. The predicted molar refractivity (Wildman–Crippen MR) is 39.2 cm³/mol. The summed E-state index contributed by atoms with van der Waals surface area (Å²) in [5.41, 5.74) is -2.97. The first-order valence-corrected chi connectivity index (χ1v) is 3.82. The lowest BCUT2D eigenvalue weighted by molar-refractivity contribution is -0.141. The van der Waals surface area contributed by atoms with Gasteiger partial charge in [0.15, 0.2) is 0 Å². The molecule has 1 heterocycles. The van der Waals surface area contributed by atoms with Crippen molar-refractivity contribution in [3.05, 3.63) is 28.3 Å². The first kappa shape index (κ1) is 12.1. The first-order chi connectivity index (χ1) is 6.73. The van der Waals surface area contributed by atoms with Crippen molar-refractivity contribution in [2.75, 3.05) is 0 Å². The Balaban J connectivity index is 3.32. The Bertz CT molecular complexity index is 351. The van der Waals surface area contributed by atoms with Crippen LogP contribution in [0.1, 0.15) is 17.7 Å². The first-order valence-electron chi connectivity index (χ1n) is 3.44. The van der Waals surface area contributed by atoms with Crippen LogP contribution in [0.5, 0.6) is 0 Å². The smallest absolute Gasteiger partial charge is 0.231 e. The molecule has 0 aliphatic rings. The number of nitrogens with zero attached hydrogens (tertiary/aromatic N) is 1. The summed E-state index contributed by atoms with van der Waals surface area (Å²) in [7, 11) is 0. The summed E-state index contributed by atoms with van der Waals surface area (Å²) in [4.78, 5) is 2.65. The van der Waals surface area contributed by atoms with Crippen molar-refractivity contribution in [2.24, 2.45) is 0 Å². The quantitative estimate of drug-likeness (QED) is 0.544. The van der Waals surface area contributed by atoms with Gasteiger partial charge in [0.2, 0.25) is 0 Å². The number of aromatic nitrogens is 1. The minimum atomic E-state index is -4.93. The van der Waals surface area contributed by atoms with E-state index in [4.69, 9.17) is 11.6 Å². The van der Waals surface area contributed by atoms with Crippen molar-refractivity contribution in [3.63, 3.8) is 0 Å². The Morgan fingerprint density at radius 1 is 1.27 bits per heavy atom. The number of halogens is 7. The molecule has 0 atom stereocenters. The van der Waals surface area contributed by atoms with Gasteiger partial charge in [0, 0.05) is 6.07 Å². The highest BCUT2D eigenvalue weighted by Gasteiger charge is 2.35. The standard InChI is InChI=1S/C7H2ClF6N/c8-5-4(6(10)11)2(9)1-3(15-5)7(12,13)14/h1,6H. The third-order valence-electron chi connectivity index (χ3n) is 1.47. The normalized spacial score (nSPS) is 12.3. The third-order valence-corrected chi connectivity index (χ3v) is 1.76. The van der Waals surface area contributed by atoms with Crippen LogP contribution in [0.3, 0.4) is 0 Å². The topological polar surface area (TPSA) is 12.9 Å². The Hall–Kier alpha value is -0.980. The van der Waals surface area contributed by atoms with E-state index in [9.17, 15) is 26.3 Å².